The van der Waals surface area contributed by atoms with Gasteiger partial charge in [0.05, 0.1) is 0 Å². The van der Waals surface area contributed by atoms with E-state index in [2.05, 4.69) is 34.8 Å². The van der Waals surface area contributed by atoms with E-state index in [1.807, 2.05) is 24.3 Å². The zero-order valence-corrected chi connectivity index (χ0v) is 10.9. The van der Waals surface area contributed by atoms with Crippen molar-refractivity contribution >= 4 is 28.5 Å². The summed E-state index contributed by atoms with van der Waals surface area (Å²) >= 11 is 2.22. The standard InChI is InChI=1S/C12H14INO/c1-12(6-3-7-12)14-11(15)9-4-2-5-10(13)8-9/h2,4-5,8H,3,6-7H2,1H3,(H,14,15). The molecule has 1 aromatic rings. The summed E-state index contributed by atoms with van der Waals surface area (Å²) in [6.45, 7) is 2.11. The van der Waals surface area contributed by atoms with Gasteiger partial charge >= 0.3 is 0 Å². The van der Waals surface area contributed by atoms with Crippen molar-refractivity contribution < 1.29 is 4.79 Å². The van der Waals surface area contributed by atoms with Crippen LogP contribution in [0.2, 0.25) is 0 Å². The Morgan fingerprint density at radius 3 is 2.73 bits per heavy atom. The third-order valence-electron chi connectivity index (χ3n) is 2.96. The van der Waals surface area contributed by atoms with E-state index < -0.39 is 0 Å². The Hall–Kier alpha value is -0.580. The molecule has 0 atom stereocenters. The lowest BCUT2D eigenvalue weighted by atomic mass is 9.78. The molecule has 0 saturated heterocycles. The molecule has 2 nitrogen and oxygen atoms in total. The number of hydrogen-bond acceptors (Lipinski definition) is 1. The molecular weight excluding hydrogens is 301 g/mol. The van der Waals surface area contributed by atoms with E-state index in [1.165, 1.54) is 6.42 Å². The third kappa shape index (κ3) is 2.51. The van der Waals surface area contributed by atoms with Crippen LogP contribution in [0.3, 0.4) is 0 Å². The summed E-state index contributed by atoms with van der Waals surface area (Å²) in [6, 6.07) is 7.68. The highest BCUT2D eigenvalue weighted by molar-refractivity contribution is 14.1. The highest BCUT2D eigenvalue weighted by atomic mass is 127. The number of hydrogen-bond donors (Lipinski definition) is 1. The SMILES string of the molecule is CC1(NC(=O)c2cccc(I)c2)CCC1. The van der Waals surface area contributed by atoms with E-state index in [0.29, 0.717) is 0 Å². The summed E-state index contributed by atoms with van der Waals surface area (Å²) in [6.07, 6.45) is 3.43. The number of rotatable bonds is 2. The van der Waals surface area contributed by atoms with Crippen LogP contribution in [-0.4, -0.2) is 11.4 Å². The van der Waals surface area contributed by atoms with Gasteiger partial charge in [0.1, 0.15) is 0 Å². The molecular formula is C12H14INO. The monoisotopic (exact) mass is 315 g/mol. The largest absolute Gasteiger partial charge is 0.347 e. The fourth-order valence-electron chi connectivity index (χ4n) is 1.81. The van der Waals surface area contributed by atoms with Crippen molar-refractivity contribution in [2.75, 3.05) is 0 Å². The maximum atomic E-state index is 11.9. The summed E-state index contributed by atoms with van der Waals surface area (Å²) in [7, 11) is 0. The molecule has 3 heteroatoms. The first-order valence-corrected chi connectivity index (χ1v) is 6.25. The Balaban J connectivity index is 2.08. The van der Waals surface area contributed by atoms with Crippen molar-refractivity contribution in [2.45, 2.75) is 31.7 Å². The molecule has 1 aliphatic rings. The minimum atomic E-state index is 0.0400. The maximum Gasteiger partial charge on any atom is 0.251 e. The summed E-state index contributed by atoms with van der Waals surface area (Å²) < 4.78 is 1.10. The fourth-order valence-corrected chi connectivity index (χ4v) is 2.35. The summed E-state index contributed by atoms with van der Waals surface area (Å²) in [5, 5.41) is 3.09. The van der Waals surface area contributed by atoms with Crippen LogP contribution in [-0.2, 0) is 0 Å². The van der Waals surface area contributed by atoms with Crippen molar-refractivity contribution in [3.63, 3.8) is 0 Å². The summed E-state index contributed by atoms with van der Waals surface area (Å²) in [4.78, 5) is 11.9. The topological polar surface area (TPSA) is 29.1 Å². The van der Waals surface area contributed by atoms with Gasteiger partial charge in [-0.15, -0.1) is 0 Å². The Labute approximate surface area is 104 Å². The number of nitrogens with one attached hydrogen (secondary N) is 1. The predicted octanol–water partition coefficient (Wildman–Crippen LogP) is 2.96. The van der Waals surface area contributed by atoms with Gasteiger partial charge in [0.15, 0.2) is 0 Å². The average Bonchev–Trinajstić information content (AvgIpc) is 2.15. The normalized spacial score (nSPS) is 18.0. The predicted molar refractivity (Wildman–Crippen MR) is 68.9 cm³/mol. The Bertz CT molecular complexity index is 385. The lowest BCUT2D eigenvalue weighted by molar-refractivity contribution is 0.0850. The van der Waals surface area contributed by atoms with E-state index in [1.54, 1.807) is 0 Å². The lowest BCUT2D eigenvalue weighted by Crippen LogP contribution is -2.50. The van der Waals surface area contributed by atoms with Crippen LogP contribution in [0.25, 0.3) is 0 Å². The molecule has 1 amide bonds. The van der Waals surface area contributed by atoms with Gasteiger partial charge in [-0.05, 0) is 67.0 Å². The Morgan fingerprint density at radius 1 is 1.47 bits per heavy atom. The molecule has 1 saturated carbocycles. The van der Waals surface area contributed by atoms with Crippen LogP contribution in [0, 0.1) is 3.57 Å². The van der Waals surface area contributed by atoms with Gasteiger partial charge in [-0.1, -0.05) is 6.07 Å². The first kappa shape index (κ1) is 10.9. The third-order valence-corrected chi connectivity index (χ3v) is 3.63. The molecule has 1 aromatic carbocycles. The molecule has 1 fully saturated rings. The molecule has 0 unspecified atom stereocenters. The molecule has 0 aliphatic heterocycles. The van der Waals surface area contributed by atoms with Crippen molar-refractivity contribution in [1.29, 1.82) is 0 Å². The molecule has 0 spiro atoms. The van der Waals surface area contributed by atoms with Gasteiger partial charge in [0.25, 0.3) is 5.91 Å². The zero-order valence-electron chi connectivity index (χ0n) is 8.72. The van der Waals surface area contributed by atoms with E-state index in [4.69, 9.17) is 0 Å². The van der Waals surface area contributed by atoms with Gasteiger partial charge in [-0.2, -0.15) is 0 Å². The van der Waals surface area contributed by atoms with Gasteiger partial charge < -0.3 is 5.32 Å². The van der Waals surface area contributed by atoms with Crippen LogP contribution in [0.15, 0.2) is 24.3 Å². The van der Waals surface area contributed by atoms with Crippen LogP contribution in [0.5, 0.6) is 0 Å². The number of amides is 1. The maximum absolute atomic E-state index is 11.9. The van der Waals surface area contributed by atoms with Crippen molar-refractivity contribution in [3.05, 3.63) is 33.4 Å². The fraction of sp³-hybridized carbons (Fsp3) is 0.417. The minimum Gasteiger partial charge on any atom is -0.347 e. The van der Waals surface area contributed by atoms with E-state index in [9.17, 15) is 4.79 Å². The van der Waals surface area contributed by atoms with Crippen molar-refractivity contribution in [3.8, 4) is 0 Å². The second-order valence-corrected chi connectivity index (χ2v) is 5.62. The van der Waals surface area contributed by atoms with Crippen molar-refractivity contribution in [1.82, 2.24) is 5.32 Å². The quantitative estimate of drug-likeness (QED) is 0.835. The molecule has 0 heterocycles. The molecule has 0 aromatic heterocycles. The summed E-state index contributed by atoms with van der Waals surface area (Å²) in [5.74, 6) is 0.0516. The number of halogens is 1. The number of benzene rings is 1. The van der Waals surface area contributed by atoms with Gasteiger partial charge in [0, 0.05) is 14.7 Å². The first-order valence-electron chi connectivity index (χ1n) is 5.17. The molecule has 1 aliphatic carbocycles. The molecule has 80 valence electrons. The zero-order chi connectivity index (χ0) is 10.9. The van der Waals surface area contributed by atoms with Gasteiger partial charge in [-0.3, -0.25) is 4.79 Å². The first-order chi connectivity index (χ1) is 7.09. The van der Waals surface area contributed by atoms with Crippen LogP contribution in [0.1, 0.15) is 36.5 Å². The van der Waals surface area contributed by atoms with E-state index in [0.717, 1.165) is 22.0 Å². The highest BCUT2D eigenvalue weighted by Crippen LogP contribution is 2.31. The number of carbonyl (C=O) groups is 1. The van der Waals surface area contributed by atoms with Gasteiger partial charge in [0.2, 0.25) is 0 Å². The van der Waals surface area contributed by atoms with Crippen molar-refractivity contribution in [2.24, 2.45) is 0 Å². The molecule has 1 N–H and O–H groups in total. The molecule has 2 rings (SSSR count). The second-order valence-electron chi connectivity index (χ2n) is 4.38. The van der Waals surface area contributed by atoms with Crippen LogP contribution >= 0.6 is 22.6 Å². The van der Waals surface area contributed by atoms with E-state index >= 15 is 0 Å². The smallest absolute Gasteiger partial charge is 0.251 e. The molecule has 0 radical (unpaired) electrons. The molecule has 0 bridgehead atoms. The van der Waals surface area contributed by atoms with Crippen LogP contribution < -0.4 is 5.32 Å². The number of carbonyl (C=O) groups excluding carboxylic acids is 1. The lowest BCUT2D eigenvalue weighted by Gasteiger charge is -2.39. The van der Waals surface area contributed by atoms with Crippen LogP contribution in [0.4, 0.5) is 0 Å². The Morgan fingerprint density at radius 2 is 2.20 bits per heavy atom. The second kappa shape index (κ2) is 4.12. The molecule has 15 heavy (non-hydrogen) atoms. The minimum absolute atomic E-state index is 0.0400. The summed E-state index contributed by atoms with van der Waals surface area (Å²) in [5.41, 5.74) is 0.799. The van der Waals surface area contributed by atoms with E-state index in [-0.39, 0.29) is 11.4 Å². The highest BCUT2D eigenvalue weighted by Gasteiger charge is 2.33. The Kier molecular flexibility index (Phi) is 3.00. The average molecular weight is 315 g/mol. The van der Waals surface area contributed by atoms with Gasteiger partial charge in [-0.25, -0.2) is 0 Å².